The van der Waals surface area contributed by atoms with Crippen LogP contribution in [0.5, 0.6) is 0 Å². The van der Waals surface area contributed by atoms with Gasteiger partial charge in [-0.25, -0.2) is 0 Å². The number of nitrogens with zero attached hydrogens (tertiary/aromatic N) is 1. The standard InChI is InChI=1S/C10H22N2/c1-3-5-6-10-9-12(4-2)8-7-11-10/h10-11H,3-9H2,1-2H3. The van der Waals surface area contributed by atoms with Crippen molar-refractivity contribution in [2.24, 2.45) is 0 Å². The fraction of sp³-hybridized carbons (Fsp3) is 1.00. The lowest BCUT2D eigenvalue weighted by Crippen LogP contribution is -2.50. The third-order valence-corrected chi connectivity index (χ3v) is 2.69. The van der Waals surface area contributed by atoms with Crippen LogP contribution in [0.4, 0.5) is 0 Å². The van der Waals surface area contributed by atoms with Crippen LogP contribution in [0.25, 0.3) is 0 Å². The van der Waals surface area contributed by atoms with E-state index in [1.807, 2.05) is 0 Å². The fourth-order valence-electron chi connectivity index (χ4n) is 1.83. The van der Waals surface area contributed by atoms with Gasteiger partial charge in [0.05, 0.1) is 0 Å². The maximum Gasteiger partial charge on any atom is 0.0195 e. The monoisotopic (exact) mass is 170 g/mol. The highest BCUT2D eigenvalue weighted by Crippen LogP contribution is 2.05. The number of unbranched alkanes of at least 4 members (excludes halogenated alkanes) is 1. The van der Waals surface area contributed by atoms with Crippen molar-refractivity contribution in [3.63, 3.8) is 0 Å². The largest absolute Gasteiger partial charge is 0.311 e. The van der Waals surface area contributed by atoms with Crippen molar-refractivity contribution in [3.05, 3.63) is 0 Å². The van der Waals surface area contributed by atoms with E-state index in [9.17, 15) is 0 Å². The van der Waals surface area contributed by atoms with Crippen molar-refractivity contribution in [1.82, 2.24) is 10.2 Å². The number of hydrogen-bond donors (Lipinski definition) is 1. The van der Waals surface area contributed by atoms with Crippen LogP contribution >= 0.6 is 0 Å². The molecule has 1 saturated heterocycles. The molecule has 1 N–H and O–H groups in total. The maximum absolute atomic E-state index is 3.58. The topological polar surface area (TPSA) is 15.3 Å². The number of hydrogen-bond acceptors (Lipinski definition) is 2. The van der Waals surface area contributed by atoms with Crippen LogP contribution in [0.15, 0.2) is 0 Å². The smallest absolute Gasteiger partial charge is 0.0195 e. The number of rotatable bonds is 4. The van der Waals surface area contributed by atoms with Crippen molar-refractivity contribution < 1.29 is 0 Å². The molecule has 1 rings (SSSR count). The number of nitrogens with one attached hydrogen (secondary N) is 1. The normalized spacial score (nSPS) is 26.0. The highest BCUT2D eigenvalue weighted by Gasteiger charge is 2.16. The van der Waals surface area contributed by atoms with Gasteiger partial charge in [0.25, 0.3) is 0 Å². The molecule has 0 bridgehead atoms. The van der Waals surface area contributed by atoms with Crippen molar-refractivity contribution in [2.75, 3.05) is 26.2 Å². The van der Waals surface area contributed by atoms with E-state index in [1.165, 1.54) is 45.4 Å². The molecule has 1 unspecified atom stereocenters. The summed E-state index contributed by atoms with van der Waals surface area (Å²) in [4.78, 5) is 2.54. The molecule has 0 aromatic carbocycles. The fourth-order valence-corrected chi connectivity index (χ4v) is 1.83. The molecule has 1 fully saturated rings. The molecular weight excluding hydrogens is 148 g/mol. The quantitative estimate of drug-likeness (QED) is 0.687. The summed E-state index contributed by atoms with van der Waals surface area (Å²) in [6, 6.07) is 0.763. The first kappa shape index (κ1) is 10.0. The number of likely N-dealkylation sites (N-methyl/N-ethyl adjacent to an activating group) is 1. The molecule has 1 atom stereocenters. The van der Waals surface area contributed by atoms with Gasteiger partial charge in [0.15, 0.2) is 0 Å². The van der Waals surface area contributed by atoms with Gasteiger partial charge in [-0.2, -0.15) is 0 Å². The minimum atomic E-state index is 0.763. The zero-order valence-electron chi connectivity index (χ0n) is 8.47. The Bertz CT molecular complexity index is 114. The Hall–Kier alpha value is -0.0800. The van der Waals surface area contributed by atoms with Gasteiger partial charge < -0.3 is 10.2 Å². The number of piperazine rings is 1. The first-order chi connectivity index (χ1) is 5.86. The van der Waals surface area contributed by atoms with Gasteiger partial charge in [0.2, 0.25) is 0 Å². The predicted octanol–water partition coefficient (Wildman–Crippen LogP) is 1.47. The average Bonchev–Trinajstić information content (AvgIpc) is 2.15. The summed E-state index contributed by atoms with van der Waals surface area (Å²) in [5, 5.41) is 3.58. The Morgan fingerprint density at radius 2 is 2.25 bits per heavy atom. The molecule has 0 amide bonds. The molecular formula is C10H22N2. The van der Waals surface area contributed by atoms with Crippen LogP contribution in [0, 0.1) is 0 Å². The zero-order valence-corrected chi connectivity index (χ0v) is 8.47. The van der Waals surface area contributed by atoms with E-state index in [4.69, 9.17) is 0 Å². The molecule has 0 saturated carbocycles. The molecule has 2 nitrogen and oxygen atoms in total. The van der Waals surface area contributed by atoms with Crippen molar-refractivity contribution >= 4 is 0 Å². The predicted molar refractivity (Wildman–Crippen MR) is 53.4 cm³/mol. The van der Waals surface area contributed by atoms with Gasteiger partial charge in [-0.3, -0.25) is 0 Å². The van der Waals surface area contributed by atoms with Crippen molar-refractivity contribution in [2.45, 2.75) is 39.2 Å². The van der Waals surface area contributed by atoms with Crippen molar-refractivity contribution in [1.29, 1.82) is 0 Å². The molecule has 0 aromatic rings. The SMILES string of the molecule is CCCCC1CN(CC)CCN1. The second-order valence-electron chi connectivity index (χ2n) is 3.69. The van der Waals surface area contributed by atoms with Gasteiger partial charge in [-0.05, 0) is 13.0 Å². The van der Waals surface area contributed by atoms with E-state index in [1.54, 1.807) is 0 Å². The van der Waals surface area contributed by atoms with Crippen LogP contribution in [0.1, 0.15) is 33.1 Å². The van der Waals surface area contributed by atoms with E-state index >= 15 is 0 Å². The summed E-state index contributed by atoms with van der Waals surface area (Å²) in [6.07, 6.45) is 4.05. The van der Waals surface area contributed by atoms with E-state index < -0.39 is 0 Å². The third kappa shape index (κ3) is 3.11. The maximum atomic E-state index is 3.58. The van der Waals surface area contributed by atoms with Gasteiger partial charge in [-0.15, -0.1) is 0 Å². The summed E-state index contributed by atoms with van der Waals surface area (Å²) in [7, 11) is 0. The molecule has 12 heavy (non-hydrogen) atoms. The highest BCUT2D eigenvalue weighted by molar-refractivity contribution is 4.77. The lowest BCUT2D eigenvalue weighted by atomic mass is 10.1. The average molecular weight is 170 g/mol. The van der Waals surface area contributed by atoms with E-state index in [0.29, 0.717) is 0 Å². The Morgan fingerprint density at radius 3 is 2.92 bits per heavy atom. The van der Waals surface area contributed by atoms with Crippen LogP contribution in [-0.4, -0.2) is 37.1 Å². The van der Waals surface area contributed by atoms with Crippen LogP contribution in [0.3, 0.4) is 0 Å². The summed E-state index contributed by atoms with van der Waals surface area (Å²) in [5.74, 6) is 0. The second-order valence-corrected chi connectivity index (χ2v) is 3.69. The second kappa shape index (κ2) is 5.55. The van der Waals surface area contributed by atoms with Crippen LogP contribution in [0.2, 0.25) is 0 Å². The highest BCUT2D eigenvalue weighted by atomic mass is 15.2. The molecule has 0 aliphatic carbocycles. The minimum absolute atomic E-state index is 0.763. The third-order valence-electron chi connectivity index (χ3n) is 2.69. The lowest BCUT2D eigenvalue weighted by Gasteiger charge is -2.32. The van der Waals surface area contributed by atoms with E-state index in [2.05, 4.69) is 24.1 Å². The van der Waals surface area contributed by atoms with E-state index in [-0.39, 0.29) is 0 Å². The Kier molecular flexibility index (Phi) is 4.62. The Balaban J connectivity index is 2.16. The molecule has 1 aliphatic heterocycles. The molecule has 2 heteroatoms. The van der Waals surface area contributed by atoms with Crippen LogP contribution < -0.4 is 5.32 Å². The molecule has 0 aromatic heterocycles. The van der Waals surface area contributed by atoms with Gasteiger partial charge in [-0.1, -0.05) is 26.7 Å². The first-order valence-corrected chi connectivity index (χ1v) is 5.32. The molecule has 0 spiro atoms. The molecule has 0 radical (unpaired) electrons. The Labute approximate surface area is 76.3 Å². The first-order valence-electron chi connectivity index (χ1n) is 5.32. The minimum Gasteiger partial charge on any atom is -0.311 e. The summed E-state index contributed by atoms with van der Waals surface area (Å²) in [5.41, 5.74) is 0. The van der Waals surface area contributed by atoms with Gasteiger partial charge >= 0.3 is 0 Å². The summed E-state index contributed by atoms with van der Waals surface area (Å²) >= 11 is 0. The lowest BCUT2D eigenvalue weighted by molar-refractivity contribution is 0.201. The van der Waals surface area contributed by atoms with Gasteiger partial charge in [0.1, 0.15) is 0 Å². The zero-order chi connectivity index (χ0) is 8.81. The molecule has 1 aliphatic rings. The van der Waals surface area contributed by atoms with Crippen molar-refractivity contribution in [3.8, 4) is 0 Å². The molecule has 1 heterocycles. The van der Waals surface area contributed by atoms with E-state index in [0.717, 1.165) is 6.04 Å². The van der Waals surface area contributed by atoms with Crippen LogP contribution in [-0.2, 0) is 0 Å². The molecule has 72 valence electrons. The summed E-state index contributed by atoms with van der Waals surface area (Å²) < 4.78 is 0. The Morgan fingerprint density at radius 1 is 1.42 bits per heavy atom. The summed E-state index contributed by atoms with van der Waals surface area (Å²) in [6.45, 7) is 9.41. The van der Waals surface area contributed by atoms with Gasteiger partial charge in [0, 0.05) is 25.7 Å².